The van der Waals surface area contributed by atoms with Crippen LogP contribution < -0.4 is 0 Å². The van der Waals surface area contributed by atoms with Crippen LogP contribution in [0.25, 0.3) is 0 Å². The van der Waals surface area contributed by atoms with Gasteiger partial charge in [-0.05, 0) is 103 Å². The van der Waals surface area contributed by atoms with E-state index in [0.29, 0.717) is 18.3 Å². The predicted octanol–water partition coefficient (Wildman–Crippen LogP) is 9.33. The van der Waals surface area contributed by atoms with Crippen LogP contribution in [-0.4, -0.2) is 50.2 Å². The van der Waals surface area contributed by atoms with Crippen molar-refractivity contribution in [3.63, 3.8) is 0 Å². The van der Waals surface area contributed by atoms with Crippen LogP contribution in [0.1, 0.15) is 118 Å². The molecular formula is C45H62O9. The number of hydrogen-bond acceptors (Lipinski definition) is 9. The van der Waals surface area contributed by atoms with Crippen LogP contribution in [0.5, 0.6) is 0 Å². The van der Waals surface area contributed by atoms with Crippen molar-refractivity contribution in [1.29, 1.82) is 0 Å². The molecule has 0 saturated heterocycles. The van der Waals surface area contributed by atoms with Crippen molar-refractivity contribution in [3.8, 4) is 24.7 Å². The lowest BCUT2D eigenvalue weighted by atomic mass is 9.89. The third kappa shape index (κ3) is 17.5. The molecule has 2 rings (SSSR count). The number of rotatable bonds is 23. The summed E-state index contributed by atoms with van der Waals surface area (Å²) in [5, 5.41) is 0. The third-order valence-electron chi connectivity index (χ3n) is 9.53. The molecule has 0 heterocycles. The predicted molar refractivity (Wildman–Crippen MR) is 209 cm³/mol. The van der Waals surface area contributed by atoms with E-state index in [1.165, 1.54) is 31.7 Å². The van der Waals surface area contributed by atoms with Crippen molar-refractivity contribution in [3.05, 3.63) is 60.2 Å². The van der Waals surface area contributed by atoms with Gasteiger partial charge >= 0.3 is 24.1 Å². The quantitative estimate of drug-likeness (QED) is 0.0270. The molecule has 0 spiro atoms. The molecule has 296 valence electrons. The number of unbranched alkanes of at least 4 members (excludes halogenated alkanes) is 2. The Morgan fingerprint density at radius 2 is 1.39 bits per heavy atom. The highest BCUT2D eigenvalue weighted by Crippen LogP contribution is 2.35. The fourth-order valence-electron chi connectivity index (χ4n) is 6.03. The molecular weight excluding hydrogens is 684 g/mol. The second-order valence-corrected chi connectivity index (χ2v) is 16.0. The van der Waals surface area contributed by atoms with Gasteiger partial charge in [0, 0.05) is 26.2 Å². The van der Waals surface area contributed by atoms with Crippen molar-refractivity contribution in [2.24, 2.45) is 28.1 Å². The van der Waals surface area contributed by atoms with E-state index in [1.807, 2.05) is 0 Å². The monoisotopic (exact) mass is 746 g/mol. The highest BCUT2D eigenvalue weighted by molar-refractivity contribution is 5.77. The van der Waals surface area contributed by atoms with Gasteiger partial charge in [-0.15, -0.1) is 24.7 Å². The van der Waals surface area contributed by atoms with Gasteiger partial charge in [-0.2, -0.15) is 0 Å². The molecule has 1 saturated carbocycles. The molecule has 1 fully saturated rings. The Bertz CT molecular complexity index is 1430. The zero-order chi connectivity index (χ0) is 40.0. The van der Waals surface area contributed by atoms with E-state index in [-0.39, 0.29) is 39.1 Å². The average molecular weight is 747 g/mol. The Balaban J connectivity index is 1.74. The largest absolute Gasteiger partial charge is 0.511 e. The Morgan fingerprint density at radius 3 is 2.00 bits per heavy atom. The van der Waals surface area contributed by atoms with Crippen LogP contribution in [0, 0.1) is 52.8 Å². The summed E-state index contributed by atoms with van der Waals surface area (Å²) in [7, 11) is 0. The first-order chi connectivity index (χ1) is 25.6. The van der Waals surface area contributed by atoms with Gasteiger partial charge in [0.15, 0.2) is 0 Å². The molecule has 54 heavy (non-hydrogen) atoms. The minimum Gasteiger partial charge on any atom is -0.464 e. The summed E-state index contributed by atoms with van der Waals surface area (Å²) < 4.78 is 26.7. The fourth-order valence-corrected chi connectivity index (χ4v) is 6.03. The Morgan fingerprint density at radius 1 is 0.796 bits per heavy atom. The van der Waals surface area contributed by atoms with Gasteiger partial charge in [0.2, 0.25) is 6.29 Å². The Labute approximate surface area is 323 Å². The van der Waals surface area contributed by atoms with Crippen molar-refractivity contribution >= 4 is 24.1 Å². The number of hydrogen-bond donors (Lipinski definition) is 0. The maximum atomic E-state index is 12.7. The summed E-state index contributed by atoms with van der Waals surface area (Å²) in [6, 6.07) is 10.6. The summed E-state index contributed by atoms with van der Waals surface area (Å²) in [5.41, 5.74) is -1.65. The molecule has 0 amide bonds. The van der Waals surface area contributed by atoms with Crippen LogP contribution in [0.3, 0.4) is 0 Å². The molecule has 9 heteroatoms. The molecule has 1 aromatic rings. The molecule has 0 bridgehead atoms. The second kappa shape index (κ2) is 23.3. The topological polar surface area (TPSA) is 114 Å². The van der Waals surface area contributed by atoms with Gasteiger partial charge in [-0.1, -0.05) is 61.1 Å². The molecule has 9 nitrogen and oxygen atoms in total. The van der Waals surface area contributed by atoms with Crippen molar-refractivity contribution in [2.45, 2.75) is 125 Å². The summed E-state index contributed by atoms with van der Waals surface area (Å²) >= 11 is 0. The van der Waals surface area contributed by atoms with Gasteiger partial charge in [-0.25, -0.2) is 4.79 Å². The van der Waals surface area contributed by atoms with Crippen molar-refractivity contribution in [1.82, 2.24) is 0 Å². The van der Waals surface area contributed by atoms with Crippen LogP contribution in [0.15, 0.2) is 54.6 Å². The maximum absolute atomic E-state index is 12.7. The molecule has 1 aliphatic rings. The minimum absolute atomic E-state index is 0.156. The summed E-state index contributed by atoms with van der Waals surface area (Å²) in [4.78, 5) is 50.4. The standard InChI is InChI=1S/C45H62O9/c1-9-30-43(4,5)40(47)50-32-45(8,33-51-41(48)44(6,7)31-10-2)34-52-42(49)54-35(3)53-39(46)29-20-12-11-18-25-37-27-21-28-38(37)26-19-14-17-24-36-22-15-13-16-23-36/h1-2,11,13,15-16,18-19,22-23,26,35,37-38H,12,14,17,20-21,24-25,27-34H2,3-8H3/b18-11-,26-19+/t35?,37-,38-/m0/s1. The number of ether oxygens (including phenoxy) is 5. The molecule has 0 aliphatic heterocycles. The Kier molecular flexibility index (Phi) is 19.7. The fraction of sp³-hybridized carbons (Fsp3) is 0.600. The van der Waals surface area contributed by atoms with Crippen LogP contribution >= 0.6 is 0 Å². The number of carbonyl (C=O) groups excluding carboxylic acids is 4. The molecule has 0 N–H and O–H groups in total. The first-order valence-corrected chi connectivity index (χ1v) is 19.2. The van der Waals surface area contributed by atoms with E-state index in [9.17, 15) is 19.2 Å². The summed E-state index contributed by atoms with van der Waals surface area (Å²) in [6.07, 6.45) is 27.6. The number of terminal acetylenes is 2. The molecule has 0 radical (unpaired) electrons. The van der Waals surface area contributed by atoms with Gasteiger partial charge < -0.3 is 23.7 Å². The summed E-state index contributed by atoms with van der Waals surface area (Å²) in [5.74, 6) is 4.60. The molecule has 1 aromatic carbocycles. The van der Waals surface area contributed by atoms with Crippen LogP contribution in [0.4, 0.5) is 4.79 Å². The molecule has 0 aromatic heterocycles. The average Bonchev–Trinajstić information content (AvgIpc) is 3.57. The number of allylic oxidation sites excluding steroid dienone is 4. The van der Waals surface area contributed by atoms with Gasteiger partial charge in [0.05, 0.1) is 16.2 Å². The lowest BCUT2D eigenvalue weighted by Crippen LogP contribution is -2.40. The van der Waals surface area contributed by atoms with E-state index < -0.39 is 46.6 Å². The Hall–Kier alpha value is -4.50. The minimum atomic E-state index is -1.19. The zero-order valence-electron chi connectivity index (χ0n) is 33.4. The number of benzene rings is 1. The van der Waals surface area contributed by atoms with Gasteiger partial charge in [-0.3, -0.25) is 14.4 Å². The normalized spacial score (nSPS) is 16.7. The highest BCUT2D eigenvalue weighted by atomic mass is 16.8. The van der Waals surface area contributed by atoms with Crippen LogP contribution in [0.2, 0.25) is 0 Å². The van der Waals surface area contributed by atoms with Crippen molar-refractivity contribution < 1.29 is 42.9 Å². The highest BCUT2D eigenvalue weighted by Gasteiger charge is 2.37. The van der Waals surface area contributed by atoms with E-state index in [2.05, 4.69) is 66.5 Å². The number of aryl methyl sites for hydroxylation is 1. The molecule has 1 aliphatic carbocycles. The summed E-state index contributed by atoms with van der Waals surface area (Å²) in [6.45, 7) is 8.83. The number of carbonyl (C=O) groups is 4. The second-order valence-electron chi connectivity index (χ2n) is 16.0. The number of esters is 3. The van der Waals surface area contributed by atoms with E-state index in [0.717, 1.165) is 32.1 Å². The SMILES string of the molecule is C#CCC(C)(C)C(=O)OCC(C)(COC(=O)OC(C)OC(=O)CCC/C=C\C[C@H]1CCC[C@@H]1/C=C/CCCc1ccccc1)COC(=O)C(C)(C)CC#C. The third-order valence-corrected chi connectivity index (χ3v) is 9.53. The lowest BCUT2D eigenvalue weighted by molar-refractivity contribution is -0.170. The van der Waals surface area contributed by atoms with Gasteiger partial charge in [0.1, 0.15) is 19.8 Å². The lowest BCUT2D eigenvalue weighted by Gasteiger charge is -2.31. The van der Waals surface area contributed by atoms with Crippen LogP contribution in [-0.2, 0) is 44.5 Å². The zero-order valence-corrected chi connectivity index (χ0v) is 33.4. The molecule has 1 unspecified atom stereocenters. The smallest absolute Gasteiger partial charge is 0.464 e. The molecule has 3 atom stereocenters. The maximum Gasteiger partial charge on any atom is 0.511 e. The van der Waals surface area contributed by atoms with Gasteiger partial charge in [0.25, 0.3) is 0 Å². The van der Waals surface area contributed by atoms with E-state index >= 15 is 0 Å². The van der Waals surface area contributed by atoms with E-state index in [1.54, 1.807) is 34.6 Å². The first-order valence-electron chi connectivity index (χ1n) is 19.2. The first kappa shape index (κ1) is 45.7. The van der Waals surface area contributed by atoms with E-state index in [4.69, 9.17) is 36.5 Å². The van der Waals surface area contributed by atoms with Crippen molar-refractivity contribution in [2.75, 3.05) is 19.8 Å².